The molecule has 0 spiro atoms. The molecule has 0 nitrogen and oxygen atoms in total. The van der Waals surface area contributed by atoms with E-state index in [0.29, 0.717) is 0 Å². The monoisotopic (exact) mass is 202 g/mol. The fourth-order valence-corrected chi connectivity index (χ4v) is 2.10. The molecule has 0 N–H and O–H groups in total. The van der Waals surface area contributed by atoms with Crippen LogP contribution in [0.1, 0.15) is 36.1 Å². The van der Waals surface area contributed by atoms with Gasteiger partial charge in [0.15, 0.2) is 0 Å². The van der Waals surface area contributed by atoms with Gasteiger partial charge in [-0.05, 0) is 54.9 Å². The number of hydrogen-bond acceptors (Lipinski definition) is 0. The van der Waals surface area contributed by atoms with Crippen LogP contribution in [0.4, 0.5) is 0 Å². The van der Waals surface area contributed by atoms with Crippen LogP contribution in [0.15, 0.2) is 24.8 Å². The molecule has 0 aliphatic heterocycles. The van der Waals surface area contributed by atoms with E-state index in [1.807, 2.05) is 6.08 Å². The van der Waals surface area contributed by atoms with E-state index >= 15 is 0 Å². The van der Waals surface area contributed by atoms with Gasteiger partial charge in [0.05, 0.1) is 0 Å². The summed E-state index contributed by atoms with van der Waals surface area (Å²) >= 11 is 0. The first-order valence-corrected chi connectivity index (χ1v) is 5.74. The maximum Gasteiger partial charge on any atom is -0.00999 e. The van der Waals surface area contributed by atoms with E-state index in [2.05, 4.69) is 46.4 Å². The van der Waals surface area contributed by atoms with Gasteiger partial charge in [0.25, 0.3) is 0 Å². The summed E-state index contributed by atoms with van der Waals surface area (Å²) in [6.07, 6.45) is 4.13. The third-order valence-corrected chi connectivity index (χ3v) is 2.75. The average Bonchev–Trinajstić information content (AvgIpc) is 2.11. The minimum absolute atomic E-state index is 0.729. The fraction of sp³-hybridized carbons (Fsp3) is 0.467. The van der Waals surface area contributed by atoms with E-state index in [0.717, 1.165) is 12.3 Å². The Morgan fingerprint density at radius 2 is 1.73 bits per heavy atom. The average molecular weight is 202 g/mol. The van der Waals surface area contributed by atoms with Crippen molar-refractivity contribution in [2.24, 2.45) is 5.92 Å². The first-order valence-electron chi connectivity index (χ1n) is 5.74. The van der Waals surface area contributed by atoms with Crippen molar-refractivity contribution in [3.05, 3.63) is 47.0 Å². The summed E-state index contributed by atoms with van der Waals surface area (Å²) in [5, 5.41) is 0. The van der Waals surface area contributed by atoms with Crippen LogP contribution in [0.2, 0.25) is 0 Å². The Balaban J connectivity index is 3.03. The van der Waals surface area contributed by atoms with Crippen molar-refractivity contribution < 1.29 is 0 Å². The first-order chi connectivity index (χ1) is 7.04. The highest BCUT2D eigenvalue weighted by Crippen LogP contribution is 2.20. The van der Waals surface area contributed by atoms with E-state index in [4.69, 9.17) is 0 Å². The topological polar surface area (TPSA) is 0 Å². The molecule has 1 rings (SSSR count). The predicted molar refractivity (Wildman–Crippen MR) is 68.4 cm³/mol. The summed E-state index contributed by atoms with van der Waals surface area (Å²) < 4.78 is 0. The quantitative estimate of drug-likeness (QED) is 0.641. The lowest BCUT2D eigenvalue weighted by molar-refractivity contribution is 0.642. The second kappa shape index (κ2) is 5.16. The molecule has 1 aromatic carbocycles. The summed E-state index contributed by atoms with van der Waals surface area (Å²) in [5.41, 5.74) is 5.77. The molecule has 0 aromatic heterocycles. The third kappa shape index (κ3) is 3.23. The number of hydrogen-bond donors (Lipinski definition) is 0. The first kappa shape index (κ1) is 12.0. The summed E-state index contributed by atoms with van der Waals surface area (Å²) in [6.45, 7) is 12.8. The van der Waals surface area contributed by atoms with Crippen LogP contribution in [-0.4, -0.2) is 0 Å². The lowest BCUT2D eigenvalue weighted by Gasteiger charge is -2.14. The van der Waals surface area contributed by atoms with E-state index < -0.39 is 0 Å². The minimum Gasteiger partial charge on any atom is -0.103 e. The van der Waals surface area contributed by atoms with E-state index in [-0.39, 0.29) is 0 Å². The Morgan fingerprint density at radius 1 is 1.20 bits per heavy atom. The highest BCUT2D eigenvalue weighted by Gasteiger charge is 2.06. The maximum atomic E-state index is 3.79. The number of allylic oxidation sites excluding steroid dienone is 1. The third-order valence-electron chi connectivity index (χ3n) is 2.75. The number of benzene rings is 1. The minimum atomic E-state index is 0.729. The molecule has 0 aliphatic carbocycles. The van der Waals surface area contributed by atoms with Gasteiger partial charge in [-0.25, -0.2) is 0 Å². The van der Waals surface area contributed by atoms with Crippen molar-refractivity contribution in [1.82, 2.24) is 0 Å². The molecule has 82 valence electrons. The zero-order valence-electron chi connectivity index (χ0n) is 10.4. The van der Waals surface area contributed by atoms with Gasteiger partial charge < -0.3 is 0 Å². The highest BCUT2D eigenvalue weighted by molar-refractivity contribution is 5.38. The zero-order chi connectivity index (χ0) is 11.4. The van der Waals surface area contributed by atoms with Gasteiger partial charge in [0, 0.05) is 0 Å². The number of rotatable bonds is 4. The second-order valence-corrected chi connectivity index (χ2v) is 4.80. The van der Waals surface area contributed by atoms with Gasteiger partial charge in [-0.3, -0.25) is 0 Å². The molecular weight excluding hydrogens is 180 g/mol. The molecule has 0 radical (unpaired) electrons. The van der Waals surface area contributed by atoms with Crippen molar-refractivity contribution in [1.29, 1.82) is 0 Å². The Kier molecular flexibility index (Phi) is 4.14. The lowest BCUT2D eigenvalue weighted by atomic mass is 9.92. The van der Waals surface area contributed by atoms with Crippen LogP contribution in [-0.2, 0) is 12.8 Å². The normalized spacial score (nSPS) is 10.7. The van der Waals surface area contributed by atoms with Crippen molar-refractivity contribution in [2.45, 2.75) is 40.5 Å². The van der Waals surface area contributed by atoms with Crippen molar-refractivity contribution in [3.8, 4) is 0 Å². The molecule has 1 aromatic rings. The van der Waals surface area contributed by atoms with Crippen LogP contribution >= 0.6 is 0 Å². The maximum absolute atomic E-state index is 3.79. The molecule has 0 fully saturated rings. The predicted octanol–water partition coefficient (Wildman–Crippen LogP) is 4.23. The van der Waals surface area contributed by atoms with Gasteiger partial charge >= 0.3 is 0 Å². The molecule has 0 atom stereocenters. The van der Waals surface area contributed by atoms with Crippen LogP contribution in [0.3, 0.4) is 0 Å². The SMILES string of the molecule is C=CCc1cc(C)c(CC(C)C)c(C)c1. The van der Waals surface area contributed by atoms with Crippen LogP contribution in [0.5, 0.6) is 0 Å². The Morgan fingerprint density at radius 3 is 2.13 bits per heavy atom. The van der Waals surface area contributed by atoms with Gasteiger partial charge in [0.2, 0.25) is 0 Å². The molecule has 15 heavy (non-hydrogen) atoms. The van der Waals surface area contributed by atoms with Gasteiger partial charge in [-0.2, -0.15) is 0 Å². The highest BCUT2D eigenvalue weighted by atomic mass is 14.1. The van der Waals surface area contributed by atoms with E-state index in [9.17, 15) is 0 Å². The van der Waals surface area contributed by atoms with E-state index in [1.54, 1.807) is 0 Å². The summed E-state index contributed by atoms with van der Waals surface area (Å²) in [6, 6.07) is 4.60. The number of aryl methyl sites for hydroxylation is 2. The second-order valence-electron chi connectivity index (χ2n) is 4.80. The smallest absolute Gasteiger partial charge is 0.00999 e. The fourth-order valence-electron chi connectivity index (χ4n) is 2.10. The lowest BCUT2D eigenvalue weighted by Crippen LogP contribution is -2.01. The Bertz CT molecular complexity index is 322. The van der Waals surface area contributed by atoms with Crippen molar-refractivity contribution >= 4 is 0 Å². The molecule has 0 unspecified atom stereocenters. The molecule has 0 heterocycles. The van der Waals surface area contributed by atoms with Crippen molar-refractivity contribution in [3.63, 3.8) is 0 Å². The van der Waals surface area contributed by atoms with Crippen LogP contribution < -0.4 is 0 Å². The van der Waals surface area contributed by atoms with Gasteiger partial charge in [-0.1, -0.05) is 32.1 Å². The Hall–Kier alpha value is -1.04. The van der Waals surface area contributed by atoms with Crippen LogP contribution in [0, 0.1) is 19.8 Å². The molecule has 0 bridgehead atoms. The summed E-state index contributed by atoms with van der Waals surface area (Å²) in [5.74, 6) is 0.729. The molecule has 0 saturated carbocycles. The molecule has 0 amide bonds. The Labute approximate surface area is 94.0 Å². The molecule has 0 aliphatic rings. The molecule has 0 saturated heterocycles. The molecule has 0 heteroatoms. The standard InChI is InChI=1S/C15H22/c1-6-7-14-9-12(4)15(8-11(2)3)13(5)10-14/h6,9-11H,1,7-8H2,2-5H3. The van der Waals surface area contributed by atoms with Crippen LogP contribution in [0.25, 0.3) is 0 Å². The molecular formula is C15H22. The van der Waals surface area contributed by atoms with Gasteiger partial charge in [0.1, 0.15) is 0 Å². The summed E-state index contributed by atoms with van der Waals surface area (Å²) in [4.78, 5) is 0. The largest absolute Gasteiger partial charge is 0.103 e. The summed E-state index contributed by atoms with van der Waals surface area (Å²) in [7, 11) is 0. The van der Waals surface area contributed by atoms with Crippen molar-refractivity contribution in [2.75, 3.05) is 0 Å². The zero-order valence-corrected chi connectivity index (χ0v) is 10.4. The van der Waals surface area contributed by atoms with Gasteiger partial charge in [-0.15, -0.1) is 6.58 Å². The van der Waals surface area contributed by atoms with E-state index in [1.165, 1.54) is 28.7 Å².